The summed E-state index contributed by atoms with van der Waals surface area (Å²) in [5, 5.41) is 4.41. The molecular weight excluding hydrogens is 270 g/mol. The molecule has 1 aliphatic carbocycles. The first-order valence-corrected chi connectivity index (χ1v) is 8.12. The number of hydrogen-bond acceptors (Lipinski definition) is 2. The Labute approximate surface area is 127 Å². The summed E-state index contributed by atoms with van der Waals surface area (Å²) in [6.45, 7) is 4.32. The maximum absolute atomic E-state index is 6.15. The maximum Gasteiger partial charge on any atom is 0.143 e. The summed E-state index contributed by atoms with van der Waals surface area (Å²) in [7, 11) is 1.70. The number of benzene rings is 1. The number of aryl methyl sites for hydroxylation is 1. The van der Waals surface area contributed by atoms with Crippen molar-refractivity contribution in [2.24, 2.45) is 5.92 Å². The lowest BCUT2D eigenvalue weighted by Gasteiger charge is -2.30. The molecule has 1 fully saturated rings. The molecule has 0 unspecified atom stereocenters. The first kappa shape index (κ1) is 15.5. The summed E-state index contributed by atoms with van der Waals surface area (Å²) in [6.07, 6.45) is 7.91. The Bertz CT molecular complexity index is 439. The first-order chi connectivity index (χ1) is 9.63. The molecule has 0 amide bonds. The van der Waals surface area contributed by atoms with Gasteiger partial charge in [0.1, 0.15) is 5.75 Å². The molecule has 0 heterocycles. The van der Waals surface area contributed by atoms with E-state index in [0.29, 0.717) is 6.04 Å². The zero-order chi connectivity index (χ0) is 14.5. The van der Waals surface area contributed by atoms with E-state index in [0.717, 1.165) is 27.9 Å². The van der Waals surface area contributed by atoms with E-state index in [1.165, 1.54) is 38.5 Å². The van der Waals surface area contributed by atoms with Gasteiger partial charge in [-0.3, -0.25) is 0 Å². The minimum Gasteiger partial charge on any atom is -0.495 e. The molecule has 20 heavy (non-hydrogen) atoms. The summed E-state index contributed by atoms with van der Waals surface area (Å²) >= 11 is 6.15. The summed E-state index contributed by atoms with van der Waals surface area (Å²) < 4.78 is 5.44. The molecule has 112 valence electrons. The third-order valence-electron chi connectivity index (χ3n) is 4.38. The molecule has 1 saturated carbocycles. The normalized spacial score (nSPS) is 22.6. The van der Waals surface area contributed by atoms with E-state index in [1.54, 1.807) is 7.11 Å². The SMILES string of the molecule is CCCC1CCC(Nc2cc(C)c(Cl)cc2OC)CC1. The van der Waals surface area contributed by atoms with Crippen molar-refractivity contribution >= 4 is 17.3 Å². The van der Waals surface area contributed by atoms with Crippen molar-refractivity contribution in [1.29, 1.82) is 0 Å². The second-order valence-corrected chi connectivity index (χ2v) is 6.36. The highest BCUT2D eigenvalue weighted by molar-refractivity contribution is 6.31. The van der Waals surface area contributed by atoms with Crippen LogP contribution in [0.25, 0.3) is 0 Å². The molecule has 0 spiro atoms. The van der Waals surface area contributed by atoms with Crippen LogP contribution < -0.4 is 10.1 Å². The summed E-state index contributed by atoms with van der Waals surface area (Å²) in [6, 6.07) is 4.57. The monoisotopic (exact) mass is 295 g/mol. The van der Waals surface area contributed by atoms with Crippen LogP contribution in [0.15, 0.2) is 12.1 Å². The minimum absolute atomic E-state index is 0.567. The highest BCUT2D eigenvalue weighted by Gasteiger charge is 2.21. The molecule has 0 radical (unpaired) electrons. The van der Waals surface area contributed by atoms with Gasteiger partial charge in [0, 0.05) is 17.1 Å². The van der Waals surface area contributed by atoms with Crippen LogP contribution >= 0.6 is 11.6 Å². The zero-order valence-corrected chi connectivity index (χ0v) is 13.6. The minimum atomic E-state index is 0.567. The molecular formula is C17H26ClNO. The Morgan fingerprint density at radius 3 is 2.55 bits per heavy atom. The standard InChI is InChI=1S/C17H26ClNO/c1-4-5-13-6-8-14(9-7-13)19-16-10-12(2)15(18)11-17(16)20-3/h10-11,13-14,19H,4-9H2,1-3H3. The van der Waals surface area contributed by atoms with Gasteiger partial charge in [-0.05, 0) is 50.2 Å². The Kier molecular flexibility index (Phi) is 5.59. The van der Waals surface area contributed by atoms with Crippen LogP contribution in [0.4, 0.5) is 5.69 Å². The van der Waals surface area contributed by atoms with E-state index in [9.17, 15) is 0 Å². The number of methoxy groups -OCH3 is 1. The van der Waals surface area contributed by atoms with Crippen molar-refractivity contribution in [3.63, 3.8) is 0 Å². The third kappa shape index (κ3) is 3.82. The first-order valence-electron chi connectivity index (χ1n) is 7.74. The molecule has 0 atom stereocenters. The topological polar surface area (TPSA) is 21.3 Å². The summed E-state index contributed by atoms with van der Waals surface area (Å²) in [5.41, 5.74) is 2.17. The number of nitrogens with one attached hydrogen (secondary N) is 1. The van der Waals surface area contributed by atoms with Gasteiger partial charge in [0.15, 0.2) is 0 Å². The molecule has 1 aliphatic rings. The Morgan fingerprint density at radius 1 is 1.25 bits per heavy atom. The predicted molar refractivity (Wildman–Crippen MR) is 87.0 cm³/mol. The van der Waals surface area contributed by atoms with Crippen LogP contribution in [-0.2, 0) is 0 Å². The van der Waals surface area contributed by atoms with Crippen molar-refractivity contribution in [3.05, 3.63) is 22.7 Å². The average Bonchev–Trinajstić information content (AvgIpc) is 2.45. The lowest BCUT2D eigenvalue weighted by Crippen LogP contribution is -2.26. The highest BCUT2D eigenvalue weighted by atomic mass is 35.5. The fourth-order valence-corrected chi connectivity index (χ4v) is 3.32. The van der Waals surface area contributed by atoms with Gasteiger partial charge in [-0.2, -0.15) is 0 Å². The van der Waals surface area contributed by atoms with E-state index in [4.69, 9.17) is 16.3 Å². The van der Waals surface area contributed by atoms with E-state index in [2.05, 4.69) is 18.3 Å². The van der Waals surface area contributed by atoms with Gasteiger partial charge in [-0.1, -0.05) is 31.4 Å². The van der Waals surface area contributed by atoms with Crippen LogP contribution in [0, 0.1) is 12.8 Å². The largest absolute Gasteiger partial charge is 0.495 e. The number of hydrogen-bond donors (Lipinski definition) is 1. The lowest BCUT2D eigenvalue weighted by molar-refractivity contribution is 0.318. The Balaban J connectivity index is 1.99. The second-order valence-electron chi connectivity index (χ2n) is 5.95. The molecule has 0 saturated heterocycles. The van der Waals surface area contributed by atoms with Crippen molar-refractivity contribution < 1.29 is 4.74 Å². The van der Waals surface area contributed by atoms with Crippen molar-refractivity contribution in [3.8, 4) is 5.75 Å². The molecule has 1 N–H and O–H groups in total. The van der Waals surface area contributed by atoms with Crippen LogP contribution in [0.5, 0.6) is 5.75 Å². The van der Waals surface area contributed by atoms with Crippen LogP contribution in [0.2, 0.25) is 5.02 Å². The Hall–Kier alpha value is -0.890. The van der Waals surface area contributed by atoms with E-state index >= 15 is 0 Å². The molecule has 2 nitrogen and oxygen atoms in total. The Morgan fingerprint density at radius 2 is 1.95 bits per heavy atom. The predicted octanol–water partition coefficient (Wildman–Crippen LogP) is 5.43. The number of rotatable bonds is 5. The highest BCUT2D eigenvalue weighted by Crippen LogP contribution is 2.34. The zero-order valence-electron chi connectivity index (χ0n) is 12.8. The quantitative estimate of drug-likeness (QED) is 0.782. The van der Waals surface area contributed by atoms with Crippen molar-refractivity contribution in [2.45, 2.75) is 58.4 Å². The number of halogens is 1. The molecule has 2 rings (SSSR count). The van der Waals surface area contributed by atoms with Gasteiger partial charge in [-0.25, -0.2) is 0 Å². The van der Waals surface area contributed by atoms with Crippen LogP contribution in [-0.4, -0.2) is 13.2 Å². The van der Waals surface area contributed by atoms with E-state index < -0.39 is 0 Å². The third-order valence-corrected chi connectivity index (χ3v) is 4.79. The summed E-state index contributed by atoms with van der Waals surface area (Å²) in [5.74, 6) is 1.78. The van der Waals surface area contributed by atoms with Crippen molar-refractivity contribution in [1.82, 2.24) is 0 Å². The van der Waals surface area contributed by atoms with Gasteiger partial charge in [0.2, 0.25) is 0 Å². The molecule has 0 bridgehead atoms. The molecule has 0 aliphatic heterocycles. The van der Waals surface area contributed by atoms with Crippen molar-refractivity contribution in [2.75, 3.05) is 12.4 Å². The summed E-state index contributed by atoms with van der Waals surface area (Å²) in [4.78, 5) is 0. The second kappa shape index (κ2) is 7.21. The van der Waals surface area contributed by atoms with Gasteiger partial charge in [0.05, 0.1) is 12.8 Å². The number of anilines is 1. The van der Waals surface area contributed by atoms with E-state index in [1.807, 2.05) is 13.0 Å². The van der Waals surface area contributed by atoms with Crippen LogP contribution in [0.3, 0.4) is 0 Å². The van der Waals surface area contributed by atoms with E-state index in [-0.39, 0.29) is 0 Å². The molecule has 0 aromatic heterocycles. The van der Waals surface area contributed by atoms with Crippen LogP contribution in [0.1, 0.15) is 51.0 Å². The fourth-order valence-electron chi connectivity index (χ4n) is 3.17. The van der Waals surface area contributed by atoms with Gasteiger partial charge in [0.25, 0.3) is 0 Å². The smallest absolute Gasteiger partial charge is 0.143 e. The molecule has 1 aromatic rings. The van der Waals surface area contributed by atoms with Gasteiger partial charge in [-0.15, -0.1) is 0 Å². The lowest BCUT2D eigenvalue weighted by atomic mass is 9.83. The van der Waals surface area contributed by atoms with Gasteiger partial charge < -0.3 is 10.1 Å². The fraction of sp³-hybridized carbons (Fsp3) is 0.647. The number of ether oxygens (including phenoxy) is 1. The molecule has 3 heteroatoms. The average molecular weight is 296 g/mol. The molecule has 1 aromatic carbocycles. The van der Waals surface area contributed by atoms with Gasteiger partial charge >= 0.3 is 0 Å². The maximum atomic E-state index is 6.15.